The van der Waals surface area contributed by atoms with Gasteiger partial charge in [-0.1, -0.05) is 24.0 Å². The fourth-order valence-electron chi connectivity index (χ4n) is 1.97. The molecule has 0 bridgehead atoms. The van der Waals surface area contributed by atoms with E-state index in [1.807, 2.05) is 13.8 Å². The fourth-order valence-corrected chi connectivity index (χ4v) is 1.97. The minimum Gasteiger partial charge on any atom is -0.491 e. The highest BCUT2D eigenvalue weighted by atomic mass is 19.1. The molecule has 0 spiro atoms. The summed E-state index contributed by atoms with van der Waals surface area (Å²) in [4.78, 5) is 12.0. The lowest BCUT2D eigenvalue weighted by Gasteiger charge is -2.09. The van der Waals surface area contributed by atoms with E-state index < -0.39 is 5.82 Å². The summed E-state index contributed by atoms with van der Waals surface area (Å²) in [6.45, 7) is 4.12. The molecule has 2 rings (SSSR count). The van der Waals surface area contributed by atoms with Crippen LogP contribution in [0.3, 0.4) is 0 Å². The summed E-state index contributed by atoms with van der Waals surface area (Å²) in [6.07, 6.45) is 0.0848. The van der Waals surface area contributed by atoms with Gasteiger partial charge in [-0.2, -0.15) is 0 Å². The van der Waals surface area contributed by atoms with Crippen LogP contribution < -0.4 is 14.8 Å². The highest BCUT2D eigenvalue weighted by Gasteiger charge is 2.05. The number of carbonyl (C=O) groups is 1. The van der Waals surface area contributed by atoms with Crippen LogP contribution >= 0.6 is 0 Å². The fraction of sp³-hybridized carbons (Fsp3) is 0.250. The smallest absolute Gasteiger partial charge is 0.252 e. The number of amides is 1. The number of benzene rings is 2. The molecule has 5 heteroatoms. The zero-order chi connectivity index (χ0) is 18.1. The number of para-hydroxylation sites is 1. The molecule has 1 N–H and O–H groups in total. The van der Waals surface area contributed by atoms with E-state index in [4.69, 9.17) is 9.47 Å². The standard InChI is InChI=1S/C20H20FNO3/c1-15(2)25-17-11-9-16(10-12-17)20(23)22-13-5-6-14-24-19-8-4-3-7-18(19)21/h3-4,7-12,15H,13-14H2,1-2H3,(H,22,23). The van der Waals surface area contributed by atoms with Crippen molar-refractivity contribution in [2.45, 2.75) is 20.0 Å². The van der Waals surface area contributed by atoms with E-state index in [1.54, 1.807) is 36.4 Å². The van der Waals surface area contributed by atoms with Gasteiger partial charge in [0.25, 0.3) is 5.91 Å². The molecule has 2 aromatic rings. The third kappa shape index (κ3) is 6.19. The summed E-state index contributed by atoms with van der Waals surface area (Å²) in [5.41, 5.74) is 0.528. The average Bonchev–Trinajstić information content (AvgIpc) is 2.59. The van der Waals surface area contributed by atoms with Gasteiger partial charge in [-0.25, -0.2) is 4.39 Å². The van der Waals surface area contributed by atoms with Crippen LogP contribution in [-0.4, -0.2) is 25.2 Å². The Morgan fingerprint density at radius 3 is 2.52 bits per heavy atom. The maximum atomic E-state index is 13.3. The Kier molecular flexibility index (Phi) is 6.85. The second-order valence-electron chi connectivity index (χ2n) is 5.45. The summed E-state index contributed by atoms with van der Waals surface area (Å²) in [6, 6.07) is 13.0. The minimum atomic E-state index is -0.428. The highest BCUT2D eigenvalue weighted by Crippen LogP contribution is 2.15. The lowest BCUT2D eigenvalue weighted by molar-refractivity contribution is 0.0958. The van der Waals surface area contributed by atoms with Crippen molar-refractivity contribution in [3.8, 4) is 23.3 Å². The van der Waals surface area contributed by atoms with Crippen LogP contribution in [0.1, 0.15) is 24.2 Å². The number of rotatable bonds is 6. The average molecular weight is 341 g/mol. The molecule has 0 saturated carbocycles. The lowest BCUT2D eigenvalue weighted by atomic mass is 10.2. The molecule has 2 aromatic carbocycles. The van der Waals surface area contributed by atoms with Gasteiger partial charge in [-0.05, 0) is 50.2 Å². The molecule has 130 valence electrons. The molecule has 4 nitrogen and oxygen atoms in total. The van der Waals surface area contributed by atoms with E-state index in [1.165, 1.54) is 12.1 Å². The molecular weight excluding hydrogens is 321 g/mol. The first kappa shape index (κ1) is 18.3. The molecule has 0 saturated heterocycles. The van der Waals surface area contributed by atoms with Crippen molar-refractivity contribution in [1.29, 1.82) is 0 Å². The van der Waals surface area contributed by atoms with Gasteiger partial charge in [0, 0.05) is 5.56 Å². The molecule has 25 heavy (non-hydrogen) atoms. The quantitative estimate of drug-likeness (QED) is 0.819. The zero-order valence-electron chi connectivity index (χ0n) is 14.2. The first-order chi connectivity index (χ1) is 12.1. The Labute approximate surface area is 147 Å². The topological polar surface area (TPSA) is 47.6 Å². The molecule has 0 aliphatic heterocycles. The number of hydrogen-bond donors (Lipinski definition) is 1. The van der Waals surface area contributed by atoms with Gasteiger partial charge in [0.2, 0.25) is 0 Å². The van der Waals surface area contributed by atoms with Gasteiger partial charge in [0.1, 0.15) is 12.4 Å². The second kappa shape index (κ2) is 9.33. The Balaban J connectivity index is 1.74. The molecule has 0 fully saturated rings. The molecule has 0 heterocycles. The normalized spacial score (nSPS) is 9.92. The zero-order valence-corrected chi connectivity index (χ0v) is 14.2. The van der Waals surface area contributed by atoms with Crippen molar-refractivity contribution in [1.82, 2.24) is 5.32 Å². The Bertz CT molecular complexity index is 761. The first-order valence-electron chi connectivity index (χ1n) is 7.94. The largest absolute Gasteiger partial charge is 0.491 e. The van der Waals surface area contributed by atoms with Crippen LogP contribution in [-0.2, 0) is 0 Å². The Hall–Kier alpha value is -3.00. The molecule has 1 amide bonds. The van der Waals surface area contributed by atoms with Gasteiger partial charge in [-0.3, -0.25) is 4.79 Å². The molecule has 0 atom stereocenters. The first-order valence-corrected chi connectivity index (χ1v) is 7.94. The van der Waals surface area contributed by atoms with Crippen molar-refractivity contribution in [2.24, 2.45) is 0 Å². The third-order valence-corrected chi connectivity index (χ3v) is 3.09. The summed E-state index contributed by atoms with van der Waals surface area (Å²) < 4.78 is 24.0. The van der Waals surface area contributed by atoms with Gasteiger partial charge < -0.3 is 14.8 Å². The van der Waals surface area contributed by atoms with Gasteiger partial charge >= 0.3 is 0 Å². The summed E-state index contributed by atoms with van der Waals surface area (Å²) in [5.74, 6) is 5.71. The number of carbonyl (C=O) groups excluding carboxylic acids is 1. The maximum absolute atomic E-state index is 13.3. The summed E-state index contributed by atoms with van der Waals surface area (Å²) in [7, 11) is 0. The molecular formula is C20H20FNO3. The summed E-state index contributed by atoms with van der Waals surface area (Å²) in [5, 5.41) is 2.69. The van der Waals surface area contributed by atoms with Crippen LogP contribution in [0.2, 0.25) is 0 Å². The van der Waals surface area contributed by atoms with Crippen molar-refractivity contribution in [3.63, 3.8) is 0 Å². The molecule has 0 aliphatic rings. The van der Waals surface area contributed by atoms with Crippen LogP contribution in [0.5, 0.6) is 11.5 Å². The number of halogens is 1. The Morgan fingerprint density at radius 2 is 1.84 bits per heavy atom. The molecule has 0 aromatic heterocycles. The van der Waals surface area contributed by atoms with Crippen LogP contribution in [0.25, 0.3) is 0 Å². The predicted octanol–water partition coefficient (Wildman–Crippen LogP) is 3.43. The van der Waals surface area contributed by atoms with Crippen LogP contribution in [0, 0.1) is 17.7 Å². The molecule has 0 aliphatic carbocycles. The summed E-state index contributed by atoms with van der Waals surface area (Å²) >= 11 is 0. The van der Waals surface area contributed by atoms with Crippen molar-refractivity contribution >= 4 is 5.91 Å². The van der Waals surface area contributed by atoms with E-state index in [0.29, 0.717) is 5.56 Å². The SMILES string of the molecule is CC(C)Oc1ccc(C(=O)NCC#CCOc2ccccc2F)cc1. The van der Waals surface area contributed by atoms with E-state index >= 15 is 0 Å². The van der Waals surface area contributed by atoms with Gasteiger partial charge in [0.15, 0.2) is 11.6 Å². The predicted molar refractivity (Wildman–Crippen MR) is 94.2 cm³/mol. The second-order valence-corrected chi connectivity index (χ2v) is 5.45. The number of hydrogen-bond acceptors (Lipinski definition) is 3. The van der Waals surface area contributed by atoms with Gasteiger partial charge in [-0.15, -0.1) is 0 Å². The van der Waals surface area contributed by atoms with Crippen molar-refractivity contribution in [3.05, 3.63) is 59.9 Å². The maximum Gasteiger partial charge on any atom is 0.252 e. The van der Waals surface area contributed by atoms with E-state index in [2.05, 4.69) is 17.2 Å². The van der Waals surface area contributed by atoms with E-state index in [0.717, 1.165) is 5.75 Å². The third-order valence-electron chi connectivity index (χ3n) is 3.09. The lowest BCUT2D eigenvalue weighted by Crippen LogP contribution is -2.23. The number of nitrogens with one attached hydrogen (secondary N) is 1. The van der Waals surface area contributed by atoms with E-state index in [9.17, 15) is 9.18 Å². The van der Waals surface area contributed by atoms with Crippen LogP contribution in [0.15, 0.2) is 48.5 Å². The molecule has 0 unspecified atom stereocenters. The Morgan fingerprint density at radius 1 is 1.12 bits per heavy atom. The van der Waals surface area contributed by atoms with Crippen molar-refractivity contribution in [2.75, 3.05) is 13.2 Å². The molecule has 0 radical (unpaired) electrons. The number of ether oxygens (including phenoxy) is 2. The minimum absolute atomic E-state index is 0.0536. The van der Waals surface area contributed by atoms with Crippen molar-refractivity contribution < 1.29 is 18.7 Å². The van der Waals surface area contributed by atoms with Crippen LogP contribution in [0.4, 0.5) is 4.39 Å². The van der Waals surface area contributed by atoms with E-state index in [-0.39, 0.29) is 30.9 Å². The van der Waals surface area contributed by atoms with Gasteiger partial charge in [0.05, 0.1) is 12.6 Å². The highest BCUT2D eigenvalue weighted by molar-refractivity contribution is 5.94. The monoisotopic (exact) mass is 341 g/mol.